The Kier molecular flexibility index (Phi) is 4.43. The maximum Gasteiger partial charge on any atom is 0.331 e. The van der Waals surface area contributed by atoms with E-state index in [0.717, 1.165) is 5.56 Å². The van der Waals surface area contributed by atoms with Crippen molar-refractivity contribution >= 4 is 29.2 Å². The number of esters is 1. The number of ether oxygens (including phenoxy) is 1. The number of rotatable bonds is 4. The number of nitrogens with one attached hydrogen (secondary N) is 1. The van der Waals surface area contributed by atoms with Crippen LogP contribution in [0.3, 0.4) is 0 Å². The third kappa shape index (κ3) is 3.78. The minimum Gasteiger partial charge on any atom is -0.423 e. The van der Waals surface area contributed by atoms with Crippen molar-refractivity contribution in [3.8, 4) is 5.75 Å². The van der Waals surface area contributed by atoms with Gasteiger partial charge in [0.2, 0.25) is 5.91 Å². The van der Waals surface area contributed by atoms with Crippen LogP contribution < -0.4 is 15.0 Å². The van der Waals surface area contributed by atoms with Gasteiger partial charge in [-0.15, -0.1) is 0 Å². The lowest BCUT2D eigenvalue weighted by atomic mass is 10.2. The normalized spacial score (nSPS) is 13.3. The maximum atomic E-state index is 12.1. The molecule has 1 N–H and O–H groups in total. The molecule has 0 fully saturated rings. The summed E-state index contributed by atoms with van der Waals surface area (Å²) in [6, 6.07) is 8.60. The summed E-state index contributed by atoms with van der Waals surface area (Å²) in [5, 5.41) is 3.33. The number of fused-ring (bicyclic) bond motifs is 1. The highest BCUT2D eigenvalue weighted by atomic mass is 35.5. The summed E-state index contributed by atoms with van der Waals surface area (Å²) < 4.78 is 5.15. The number of hydrogen-bond donors (Lipinski definition) is 1. The predicted octanol–water partition coefficient (Wildman–Crippen LogP) is 1.78. The molecule has 1 aliphatic rings. The second kappa shape index (κ2) is 6.66. The molecule has 23 heavy (non-hydrogen) atoms. The van der Waals surface area contributed by atoms with E-state index in [9.17, 15) is 9.59 Å². The predicted molar refractivity (Wildman–Crippen MR) is 85.4 cm³/mol. The van der Waals surface area contributed by atoms with E-state index < -0.39 is 5.97 Å². The average molecular weight is 332 g/mol. The summed E-state index contributed by atoms with van der Waals surface area (Å²) in [5.74, 6) is -0.184. The maximum absolute atomic E-state index is 12.1. The van der Waals surface area contributed by atoms with Crippen LogP contribution in [0.25, 0.3) is 0 Å². The van der Waals surface area contributed by atoms with Gasteiger partial charge in [0.1, 0.15) is 6.54 Å². The SMILES string of the molecule is O=C(CN1CC(=O)Oc2ccc(Cl)cc21)NCc1ccncc1. The number of carbonyl (C=O) groups is 2. The number of aromatic nitrogens is 1. The Morgan fingerprint density at radius 2 is 2.09 bits per heavy atom. The van der Waals surface area contributed by atoms with Gasteiger partial charge in [0.25, 0.3) is 0 Å². The van der Waals surface area contributed by atoms with Crippen LogP contribution in [0.1, 0.15) is 5.56 Å². The average Bonchev–Trinajstić information content (AvgIpc) is 2.54. The number of benzene rings is 1. The highest BCUT2D eigenvalue weighted by Crippen LogP contribution is 2.34. The van der Waals surface area contributed by atoms with E-state index in [2.05, 4.69) is 10.3 Å². The van der Waals surface area contributed by atoms with Gasteiger partial charge in [0.05, 0.1) is 12.2 Å². The van der Waals surface area contributed by atoms with Crippen molar-refractivity contribution in [1.82, 2.24) is 10.3 Å². The number of anilines is 1. The summed E-state index contributed by atoms with van der Waals surface area (Å²) in [6.07, 6.45) is 3.33. The van der Waals surface area contributed by atoms with Crippen LogP contribution in [0.2, 0.25) is 5.02 Å². The summed E-state index contributed by atoms with van der Waals surface area (Å²) in [4.78, 5) is 29.3. The van der Waals surface area contributed by atoms with Crippen LogP contribution in [-0.2, 0) is 16.1 Å². The van der Waals surface area contributed by atoms with Crippen molar-refractivity contribution in [1.29, 1.82) is 0 Å². The molecule has 1 aliphatic heterocycles. The highest BCUT2D eigenvalue weighted by molar-refractivity contribution is 6.31. The molecule has 1 aromatic carbocycles. The van der Waals surface area contributed by atoms with Crippen LogP contribution in [0.15, 0.2) is 42.7 Å². The zero-order valence-corrected chi connectivity index (χ0v) is 12.9. The molecule has 7 heteroatoms. The molecule has 2 aromatic rings. The lowest BCUT2D eigenvalue weighted by Gasteiger charge is -2.29. The fourth-order valence-corrected chi connectivity index (χ4v) is 2.46. The van der Waals surface area contributed by atoms with Crippen molar-refractivity contribution in [2.45, 2.75) is 6.54 Å². The number of pyridine rings is 1. The van der Waals surface area contributed by atoms with Gasteiger partial charge >= 0.3 is 5.97 Å². The van der Waals surface area contributed by atoms with Crippen molar-refractivity contribution in [2.24, 2.45) is 0 Å². The Morgan fingerprint density at radius 3 is 2.87 bits per heavy atom. The largest absolute Gasteiger partial charge is 0.423 e. The number of halogens is 1. The van der Waals surface area contributed by atoms with Gasteiger partial charge in [-0.1, -0.05) is 11.6 Å². The minimum atomic E-state index is -0.401. The first-order chi connectivity index (χ1) is 11.1. The third-order valence-electron chi connectivity index (χ3n) is 3.38. The Hall–Kier alpha value is -2.60. The summed E-state index contributed by atoms with van der Waals surface area (Å²) >= 11 is 5.98. The summed E-state index contributed by atoms with van der Waals surface area (Å²) in [7, 11) is 0. The Labute approximate surface area is 138 Å². The molecule has 0 saturated heterocycles. The van der Waals surface area contributed by atoms with Crippen LogP contribution in [-0.4, -0.2) is 29.9 Å². The molecule has 6 nitrogen and oxygen atoms in total. The Balaban J connectivity index is 1.67. The van der Waals surface area contributed by atoms with E-state index >= 15 is 0 Å². The van der Waals surface area contributed by atoms with Gasteiger partial charge < -0.3 is 15.0 Å². The third-order valence-corrected chi connectivity index (χ3v) is 3.61. The first-order valence-electron chi connectivity index (χ1n) is 7.02. The molecule has 3 rings (SSSR count). The molecule has 0 unspecified atom stereocenters. The van der Waals surface area contributed by atoms with E-state index in [1.54, 1.807) is 35.5 Å². The second-order valence-electron chi connectivity index (χ2n) is 5.07. The van der Waals surface area contributed by atoms with E-state index in [1.807, 2.05) is 12.1 Å². The van der Waals surface area contributed by atoms with E-state index in [4.69, 9.17) is 16.3 Å². The van der Waals surface area contributed by atoms with Crippen LogP contribution >= 0.6 is 11.6 Å². The summed E-state index contributed by atoms with van der Waals surface area (Å²) in [6.45, 7) is 0.464. The van der Waals surface area contributed by atoms with Crippen LogP contribution in [0.4, 0.5) is 5.69 Å². The zero-order valence-electron chi connectivity index (χ0n) is 12.2. The smallest absolute Gasteiger partial charge is 0.331 e. The molecule has 1 aromatic heterocycles. The fourth-order valence-electron chi connectivity index (χ4n) is 2.29. The quantitative estimate of drug-likeness (QED) is 0.683. The molecule has 0 aliphatic carbocycles. The molecule has 0 spiro atoms. The van der Waals surface area contributed by atoms with Gasteiger partial charge in [-0.25, -0.2) is 4.79 Å². The van der Waals surface area contributed by atoms with Crippen LogP contribution in [0.5, 0.6) is 5.75 Å². The molecular weight excluding hydrogens is 318 g/mol. The lowest BCUT2D eigenvalue weighted by molar-refractivity contribution is -0.133. The van der Waals surface area contributed by atoms with Gasteiger partial charge in [-0.2, -0.15) is 0 Å². The molecule has 2 heterocycles. The van der Waals surface area contributed by atoms with Crippen molar-refractivity contribution in [3.05, 3.63) is 53.3 Å². The molecule has 1 amide bonds. The molecule has 0 bridgehead atoms. The van der Waals surface area contributed by atoms with Crippen LogP contribution in [0, 0.1) is 0 Å². The lowest BCUT2D eigenvalue weighted by Crippen LogP contribution is -2.43. The number of amides is 1. The van der Waals surface area contributed by atoms with E-state index in [1.165, 1.54) is 0 Å². The second-order valence-corrected chi connectivity index (χ2v) is 5.51. The Bertz CT molecular complexity index is 737. The fraction of sp³-hybridized carbons (Fsp3) is 0.188. The van der Waals surface area contributed by atoms with Gasteiger partial charge in [-0.05, 0) is 35.9 Å². The zero-order chi connectivity index (χ0) is 16.2. The Morgan fingerprint density at radius 1 is 1.30 bits per heavy atom. The highest BCUT2D eigenvalue weighted by Gasteiger charge is 2.25. The van der Waals surface area contributed by atoms with E-state index in [-0.39, 0.29) is 19.0 Å². The first kappa shape index (κ1) is 15.3. The minimum absolute atomic E-state index is 0.00994. The molecule has 0 radical (unpaired) electrons. The first-order valence-corrected chi connectivity index (χ1v) is 7.40. The standard InChI is InChI=1S/C16H14ClN3O3/c17-12-1-2-14-13(7-12)20(10-16(22)23-14)9-15(21)19-8-11-3-5-18-6-4-11/h1-7H,8-10H2,(H,19,21). The topological polar surface area (TPSA) is 71.5 Å². The number of carbonyl (C=O) groups excluding carboxylic acids is 2. The van der Waals surface area contributed by atoms with Gasteiger partial charge in [0.15, 0.2) is 5.75 Å². The van der Waals surface area contributed by atoms with Crippen molar-refractivity contribution in [2.75, 3.05) is 18.0 Å². The van der Waals surface area contributed by atoms with Gasteiger partial charge in [-0.3, -0.25) is 9.78 Å². The monoisotopic (exact) mass is 331 g/mol. The summed E-state index contributed by atoms with van der Waals surface area (Å²) in [5.41, 5.74) is 1.59. The molecule has 0 atom stereocenters. The van der Waals surface area contributed by atoms with Crippen molar-refractivity contribution in [3.63, 3.8) is 0 Å². The van der Waals surface area contributed by atoms with E-state index in [0.29, 0.717) is 23.0 Å². The van der Waals surface area contributed by atoms with Gasteiger partial charge in [0, 0.05) is 24.0 Å². The molecule has 118 valence electrons. The van der Waals surface area contributed by atoms with Crippen molar-refractivity contribution < 1.29 is 14.3 Å². The number of hydrogen-bond acceptors (Lipinski definition) is 5. The molecule has 0 saturated carbocycles. The number of nitrogens with zero attached hydrogens (tertiary/aromatic N) is 2. The molecular formula is C16H14ClN3O3.